The highest BCUT2D eigenvalue weighted by Gasteiger charge is 2.15. The Morgan fingerprint density at radius 3 is 2.73 bits per heavy atom. The van der Waals surface area contributed by atoms with Gasteiger partial charge in [0.25, 0.3) is 5.89 Å². The smallest absolute Gasteiger partial charge is 0.261 e. The molecule has 2 N–H and O–H groups in total. The number of hydrogen-bond donors (Lipinski definition) is 1. The Morgan fingerprint density at radius 2 is 1.96 bits per heavy atom. The van der Waals surface area contributed by atoms with Crippen molar-refractivity contribution >= 4 is 12.4 Å². The van der Waals surface area contributed by atoms with Crippen LogP contribution in [0.2, 0.25) is 0 Å². The molecule has 0 amide bonds. The van der Waals surface area contributed by atoms with Crippen LogP contribution in [0.15, 0.2) is 45.5 Å². The van der Waals surface area contributed by atoms with E-state index in [2.05, 4.69) is 27.2 Å². The summed E-state index contributed by atoms with van der Waals surface area (Å²) in [5.74, 6) is 1.67. The molecular weight excluding hydrogens is 356 g/mol. The lowest BCUT2D eigenvalue weighted by Gasteiger charge is -2.26. The number of hydrogen-bond acceptors (Lipinski definition) is 7. The third kappa shape index (κ3) is 4.13. The lowest BCUT2D eigenvalue weighted by molar-refractivity contribution is 0.0342. The molecule has 26 heavy (non-hydrogen) atoms. The normalized spacial score (nSPS) is 15.0. The van der Waals surface area contributed by atoms with Gasteiger partial charge in [-0.2, -0.15) is 4.98 Å². The van der Waals surface area contributed by atoms with E-state index in [0.717, 1.165) is 44.0 Å². The minimum Gasteiger partial charge on any atom is -0.467 e. The van der Waals surface area contributed by atoms with E-state index in [1.54, 1.807) is 6.26 Å². The molecule has 1 saturated heterocycles. The molecule has 0 atom stereocenters. The number of halogens is 1. The maximum Gasteiger partial charge on any atom is 0.261 e. The summed E-state index contributed by atoms with van der Waals surface area (Å²) in [5, 5.41) is 4.09. The van der Waals surface area contributed by atoms with Gasteiger partial charge in [-0.3, -0.25) is 4.90 Å². The summed E-state index contributed by atoms with van der Waals surface area (Å²) in [7, 11) is 0. The van der Waals surface area contributed by atoms with Gasteiger partial charge in [-0.25, -0.2) is 0 Å². The highest BCUT2D eigenvalue weighted by atomic mass is 35.5. The number of aromatic nitrogens is 2. The van der Waals surface area contributed by atoms with Crippen LogP contribution in [0.4, 0.5) is 0 Å². The van der Waals surface area contributed by atoms with Gasteiger partial charge in [0.2, 0.25) is 5.82 Å². The summed E-state index contributed by atoms with van der Waals surface area (Å²) in [5.41, 5.74) is 8.45. The van der Waals surface area contributed by atoms with E-state index in [1.165, 1.54) is 5.56 Å². The standard InChI is InChI=1S/C18H20N4O3.ClH/c19-10-16-9-15(12-24-16)18-20-17(21-25-18)14-3-1-2-13(8-14)11-22-4-6-23-7-5-22;/h1-3,8-9,12H,4-7,10-11,19H2;1H. The van der Waals surface area contributed by atoms with Crippen LogP contribution in [0.25, 0.3) is 22.8 Å². The molecule has 8 heteroatoms. The topological polar surface area (TPSA) is 90.5 Å². The van der Waals surface area contributed by atoms with Crippen LogP contribution in [-0.2, 0) is 17.8 Å². The largest absolute Gasteiger partial charge is 0.467 e. The van der Waals surface area contributed by atoms with Crippen molar-refractivity contribution in [3.63, 3.8) is 0 Å². The third-order valence-corrected chi connectivity index (χ3v) is 4.22. The van der Waals surface area contributed by atoms with E-state index in [9.17, 15) is 0 Å². The van der Waals surface area contributed by atoms with Gasteiger partial charge in [-0.1, -0.05) is 23.4 Å². The average molecular weight is 377 g/mol. The summed E-state index contributed by atoms with van der Waals surface area (Å²) >= 11 is 0. The molecule has 0 bridgehead atoms. The Morgan fingerprint density at radius 1 is 1.12 bits per heavy atom. The predicted molar refractivity (Wildman–Crippen MR) is 98.7 cm³/mol. The number of furan rings is 1. The summed E-state index contributed by atoms with van der Waals surface area (Å²) in [6, 6.07) is 10.0. The first-order valence-corrected chi connectivity index (χ1v) is 8.33. The lowest BCUT2D eigenvalue weighted by Crippen LogP contribution is -2.35. The maximum absolute atomic E-state index is 5.56. The molecule has 1 aliphatic rings. The summed E-state index contributed by atoms with van der Waals surface area (Å²) in [4.78, 5) is 6.85. The molecule has 1 aromatic carbocycles. The van der Waals surface area contributed by atoms with Crippen molar-refractivity contribution in [1.82, 2.24) is 15.0 Å². The van der Waals surface area contributed by atoms with Crippen LogP contribution in [0.3, 0.4) is 0 Å². The van der Waals surface area contributed by atoms with E-state index in [-0.39, 0.29) is 12.4 Å². The molecule has 0 aliphatic carbocycles. The minimum atomic E-state index is 0. The fraction of sp³-hybridized carbons (Fsp3) is 0.333. The highest BCUT2D eigenvalue weighted by molar-refractivity contribution is 5.85. The summed E-state index contributed by atoms with van der Waals surface area (Å²) in [6.07, 6.45) is 1.58. The Balaban J connectivity index is 0.00000196. The van der Waals surface area contributed by atoms with Crippen molar-refractivity contribution in [1.29, 1.82) is 0 Å². The first-order chi connectivity index (χ1) is 12.3. The predicted octanol–water partition coefficient (Wildman–Crippen LogP) is 2.71. The van der Waals surface area contributed by atoms with Gasteiger partial charge in [0, 0.05) is 25.2 Å². The van der Waals surface area contributed by atoms with E-state index in [4.69, 9.17) is 19.4 Å². The Bertz CT molecular complexity index is 842. The number of ether oxygens (including phenoxy) is 1. The van der Waals surface area contributed by atoms with Crippen LogP contribution in [-0.4, -0.2) is 41.3 Å². The summed E-state index contributed by atoms with van der Waals surface area (Å²) < 4.78 is 16.1. The van der Waals surface area contributed by atoms with Crippen LogP contribution >= 0.6 is 12.4 Å². The summed E-state index contributed by atoms with van der Waals surface area (Å²) in [6.45, 7) is 4.74. The fourth-order valence-electron chi connectivity index (χ4n) is 2.88. The van der Waals surface area contributed by atoms with Gasteiger partial charge in [-0.05, 0) is 17.7 Å². The monoisotopic (exact) mass is 376 g/mol. The van der Waals surface area contributed by atoms with Gasteiger partial charge in [0.15, 0.2) is 0 Å². The highest BCUT2D eigenvalue weighted by Crippen LogP contribution is 2.24. The van der Waals surface area contributed by atoms with Crippen LogP contribution in [0, 0.1) is 0 Å². The van der Waals surface area contributed by atoms with Crippen LogP contribution < -0.4 is 5.73 Å². The number of morpholine rings is 1. The van der Waals surface area contributed by atoms with Gasteiger partial charge in [0.05, 0.1) is 25.3 Å². The zero-order valence-electron chi connectivity index (χ0n) is 14.3. The molecule has 138 valence electrons. The van der Waals surface area contributed by atoms with Crippen molar-refractivity contribution in [2.24, 2.45) is 5.73 Å². The maximum atomic E-state index is 5.56. The molecule has 3 heterocycles. The fourth-order valence-corrected chi connectivity index (χ4v) is 2.88. The van der Waals surface area contributed by atoms with E-state index >= 15 is 0 Å². The van der Waals surface area contributed by atoms with E-state index in [0.29, 0.717) is 24.0 Å². The number of benzene rings is 1. The van der Waals surface area contributed by atoms with Crippen molar-refractivity contribution in [2.75, 3.05) is 26.3 Å². The molecule has 2 aromatic heterocycles. The molecule has 7 nitrogen and oxygen atoms in total. The van der Waals surface area contributed by atoms with Gasteiger partial charge >= 0.3 is 0 Å². The van der Waals surface area contributed by atoms with Crippen molar-refractivity contribution < 1.29 is 13.7 Å². The zero-order valence-corrected chi connectivity index (χ0v) is 15.1. The van der Waals surface area contributed by atoms with E-state index in [1.807, 2.05) is 18.2 Å². The molecule has 0 radical (unpaired) electrons. The second-order valence-electron chi connectivity index (χ2n) is 6.02. The molecule has 0 saturated carbocycles. The second kappa shape index (κ2) is 8.46. The molecule has 0 spiro atoms. The average Bonchev–Trinajstić information content (AvgIpc) is 3.32. The quantitative estimate of drug-likeness (QED) is 0.732. The zero-order chi connectivity index (χ0) is 17.1. The first-order valence-electron chi connectivity index (χ1n) is 8.33. The minimum absolute atomic E-state index is 0. The van der Waals surface area contributed by atoms with Gasteiger partial charge < -0.3 is 19.4 Å². The molecule has 0 unspecified atom stereocenters. The van der Waals surface area contributed by atoms with Crippen LogP contribution in [0.5, 0.6) is 0 Å². The first kappa shape index (κ1) is 18.6. The van der Waals surface area contributed by atoms with Gasteiger partial charge in [0.1, 0.15) is 12.0 Å². The van der Waals surface area contributed by atoms with Crippen LogP contribution in [0.1, 0.15) is 11.3 Å². The Labute approximate surface area is 157 Å². The molecule has 4 rings (SSSR count). The third-order valence-electron chi connectivity index (χ3n) is 4.22. The lowest BCUT2D eigenvalue weighted by atomic mass is 10.1. The molecule has 1 fully saturated rings. The number of rotatable bonds is 5. The van der Waals surface area contributed by atoms with Crippen molar-refractivity contribution in [2.45, 2.75) is 13.1 Å². The molecule has 3 aromatic rings. The second-order valence-corrected chi connectivity index (χ2v) is 6.02. The number of nitrogens with two attached hydrogens (primary N) is 1. The van der Waals surface area contributed by atoms with E-state index < -0.39 is 0 Å². The van der Waals surface area contributed by atoms with Gasteiger partial charge in [-0.15, -0.1) is 12.4 Å². The number of nitrogens with zero attached hydrogens (tertiary/aromatic N) is 3. The Kier molecular flexibility index (Phi) is 6.05. The SMILES string of the molecule is Cl.NCc1cc(-c2nc(-c3cccc(CN4CCOCC4)c3)no2)co1. The van der Waals surface area contributed by atoms with Crippen molar-refractivity contribution in [3.8, 4) is 22.8 Å². The molecular formula is C18H21ClN4O3. The molecule has 1 aliphatic heterocycles. The van der Waals surface area contributed by atoms with Crippen molar-refractivity contribution in [3.05, 3.63) is 47.9 Å². The Hall–Kier alpha value is -2.19.